The van der Waals surface area contributed by atoms with E-state index in [9.17, 15) is 9.59 Å². The van der Waals surface area contributed by atoms with Crippen molar-refractivity contribution in [3.8, 4) is 22.6 Å². The molecule has 7 nitrogen and oxygen atoms in total. The summed E-state index contributed by atoms with van der Waals surface area (Å²) in [5.41, 5.74) is 3.41. The van der Waals surface area contributed by atoms with E-state index in [1.54, 1.807) is 50.9 Å². The SMILES string of the molecule is COc1ccc(-c2cn(C(=O)Nc3ccc(C(C)=O)cc3)c3ncccc23)cc1OC. The highest BCUT2D eigenvalue weighted by Crippen LogP contribution is 2.36. The molecule has 2 aromatic heterocycles. The number of pyridine rings is 1. The normalized spacial score (nSPS) is 10.7. The third-order valence-corrected chi connectivity index (χ3v) is 5.02. The molecule has 0 spiro atoms. The van der Waals surface area contributed by atoms with E-state index in [-0.39, 0.29) is 11.8 Å². The molecule has 31 heavy (non-hydrogen) atoms. The Bertz CT molecular complexity index is 1280. The second-order valence-electron chi connectivity index (χ2n) is 6.92. The fourth-order valence-electron chi connectivity index (χ4n) is 3.42. The monoisotopic (exact) mass is 415 g/mol. The number of nitrogens with zero attached hydrogens (tertiary/aromatic N) is 2. The number of methoxy groups -OCH3 is 2. The number of benzene rings is 2. The molecule has 0 unspecified atom stereocenters. The van der Waals surface area contributed by atoms with Gasteiger partial charge in [0.05, 0.1) is 14.2 Å². The Morgan fingerprint density at radius 1 is 0.968 bits per heavy atom. The van der Waals surface area contributed by atoms with Crippen LogP contribution in [-0.2, 0) is 0 Å². The highest BCUT2D eigenvalue weighted by Gasteiger charge is 2.17. The molecular formula is C24H21N3O4. The van der Waals surface area contributed by atoms with Crippen LogP contribution in [0, 0.1) is 0 Å². The summed E-state index contributed by atoms with van der Waals surface area (Å²) in [6.07, 6.45) is 3.39. The van der Waals surface area contributed by atoms with Gasteiger partial charge in [-0.15, -0.1) is 0 Å². The van der Waals surface area contributed by atoms with Crippen LogP contribution >= 0.6 is 0 Å². The molecule has 7 heteroatoms. The predicted molar refractivity (Wildman–Crippen MR) is 119 cm³/mol. The van der Waals surface area contributed by atoms with Gasteiger partial charge in [-0.2, -0.15) is 0 Å². The van der Waals surface area contributed by atoms with E-state index < -0.39 is 0 Å². The van der Waals surface area contributed by atoms with Crippen LogP contribution in [-0.4, -0.2) is 35.6 Å². The number of hydrogen-bond acceptors (Lipinski definition) is 5. The van der Waals surface area contributed by atoms with E-state index in [0.717, 1.165) is 16.5 Å². The summed E-state index contributed by atoms with van der Waals surface area (Å²) in [6.45, 7) is 1.50. The summed E-state index contributed by atoms with van der Waals surface area (Å²) >= 11 is 0. The zero-order valence-electron chi connectivity index (χ0n) is 17.4. The Labute approximate surface area is 179 Å². The van der Waals surface area contributed by atoms with E-state index >= 15 is 0 Å². The van der Waals surface area contributed by atoms with Gasteiger partial charge in [0.25, 0.3) is 0 Å². The minimum Gasteiger partial charge on any atom is -0.493 e. The molecule has 4 rings (SSSR count). The van der Waals surface area contributed by atoms with Crippen LogP contribution in [0.3, 0.4) is 0 Å². The van der Waals surface area contributed by atoms with Gasteiger partial charge in [-0.3, -0.25) is 9.36 Å². The number of fused-ring (bicyclic) bond motifs is 1. The molecular weight excluding hydrogens is 394 g/mol. The minimum absolute atomic E-state index is 0.0296. The zero-order chi connectivity index (χ0) is 22.0. The molecule has 0 aliphatic heterocycles. The molecule has 2 aromatic carbocycles. The first kappa shape index (κ1) is 20.2. The smallest absolute Gasteiger partial charge is 0.331 e. The lowest BCUT2D eigenvalue weighted by Crippen LogP contribution is -2.18. The van der Waals surface area contributed by atoms with Crippen LogP contribution in [0.1, 0.15) is 17.3 Å². The van der Waals surface area contributed by atoms with Crippen molar-refractivity contribution in [1.82, 2.24) is 9.55 Å². The maximum Gasteiger partial charge on any atom is 0.331 e. The number of nitrogens with one attached hydrogen (secondary N) is 1. The van der Waals surface area contributed by atoms with E-state index in [0.29, 0.717) is 28.4 Å². The summed E-state index contributed by atoms with van der Waals surface area (Å²) in [5, 5.41) is 3.68. The zero-order valence-corrected chi connectivity index (χ0v) is 17.4. The molecule has 1 N–H and O–H groups in total. The molecule has 1 amide bonds. The van der Waals surface area contributed by atoms with Crippen LogP contribution < -0.4 is 14.8 Å². The van der Waals surface area contributed by atoms with Crippen molar-refractivity contribution in [3.63, 3.8) is 0 Å². The lowest BCUT2D eigenvalue weighted by molar-refractivity contribution is 0.101. The van der Waals surface area contributed by atoms with E-state index in [2.05, 4.69) is 10.3 Å². The molecule has 0 bridgehead atoms. The summed E-state index contributed by atoms with van der Waals surface area (Å²) in [5.74, 6) is 1.19. The molecule has 4 aromatic rings. The van der Waals surface area contributed by atoms with Crippen molar-refractivity contribution in [3.05, 3.63) is 72.6 Å². The number of ketones is 1. The first-order valence-corrected chi connectivity index (χ1v) is 9.62. The standard InChI is InChI=1S/C24H21N3O4/c1-15(28)16-6-9-18(10-7-16)26-24(29)27-14-20(19-5-4-12-25-23(19)27)17-8-11-21(30-2)22(13-17)31-3/h4-14H,1-3H3,(H,26,29). The molecule has 156 valence electrons. The second kappa shape index (κ2) is 8.31. The number of carbonyl (C=O) groups excluding carboxylic acids is 2. The predicted octanol–water partition coefficient (Wildman–Crippen LogP) is 5.00. The fraction of sp³-hybridized carbons (Fsp3) is 0.125. The van der Waals surface area contributed by atoms with E-state index in [4.69, 9.17) is 9.47 Å². The molecule has 0 saturated heterocycles. The number of Topliss-reactive ketones (excluding diaryl/α,β-unsaturated/α-hetero) is 1. The van der Waals surface area contributed by atoms with Gasteiger partial charge in [0.2, 0.25) is 0 Å². The molecule has 0 fully saturated rings. The van der Waals surface area contributed by atoms with Gasteiger partial charge in [0, 0.05) is 34.6 Å². The van der Waals surface area contributed by atoms with Crippen molar-refractivity contribution in [1.29, 1.82) is 0 Å². The highest BCUT2D eigenvalue weighted by molar-refractivity contribution is 6.03. The quantitative estimate of drug-likeness (QED) is 0.464. The number of hydrogen-bond donors (Lipinski definition) is 1. The van der Waals surface area contributed by atoms with Crippen molar-refractivity contribution in [2.75, 3.05) is 19.5 Å². The lowest BCUT2D eigenvalue weighted by Gasteiger charge is -2.09. The Morgan fingerprint density at radius 3 is 2.39 bits per heavy atom. The van der Waals surface area contributed by atoms with Gasteiger partial charge >= 0.3 is 6.03 Å². The number of rotatable bonds is 5. The lowest BCUT2D eigenvalue weighted by atomic mass is 10.1. The Kier molecular flexibility index (Phi) is 5.41. The minimum atomic E-state index is -0.356. The molecule has 0 aliphatic rings. The number of ether oxygens (including phenoxy) is 2. The fourth-order valence-corrected chi connectivity index (χ4v) is 3.42. The number of carbonyl (C=O) groups is 2. The third-order valence-electron chi connectivity index (χ3n) is 5.02. The summed E-state index contributed by atoms with van der Waals surface area (Å²) in [6, 6.07) is 15.7. The largest absolute Gasteiger partial charge is 0.493 e. The topological polar surface area (TPSA) is 82.5 Å². The van der Waals surface area contributed by atoms with Crippen LogP contribution in [0.2, 0.25) is 0 Å². The maximum absolute atomic E-state index is 13.0. The molecule has 0 saturated carbocycles. The Hall–Kier alpha value is -4.13. The average Bonchev–Trinajstić information content (AvgIpc) is 3.19. The van der Waals surface area contributed by atoms with Crippen molar-refractivity contribution in [2.45, 2.75) is 6.92 Å². The van der Waals surface area contributed by atoms with Crippen LogP contribution in [0.4, 0.5) is 10.5 Å². The first-order valence-electron chi connectivity index (χ1n) is 9.62. The summed E-state index contributed by atoms with van der Waals surface area (Å²) in [7, 11) is 3.16. The van der Waals surface area contributed by atoms with Gasteiger partial charge in [-0.05, 0) is 61.0 Å². The van der Waals surface area contributed by atoms with Crippen molar-refractivity contribution < 1.29 is 19.1 Å². The molecule has 0 aliphatic carbocycles. The Balaban J connectivity index is 1.73. The van der Waals surface area contributed by atoms with Gasteiger partial charge in [0.1, 0.15) is 5.65 Å². The average molecular weight is 415 g/mol. The molecule has 0 radical (unpaired) electrons. The second-order valence-corrected chi connectivity index (χ2v) is 6.92. The van der Waals surface area contributed by atoms with Gasteiger partial charge in [0.15, 0.2) is 17.3 Å². The highest BCUT2D eigenvalue weighted by atomic mass is 16.5. The maximum atomic E-state index is 13.0. The van der Waals surface area contributed by atoms with E-state index in [1.807, 2.05) is 30.3 Å². The number of anilines is 1. The third kappa shape index (κ3) is 3.85. The van der Waals surface area contributed by atoms with Crippen molar-refractivity contribution in [2.24, 2.45) is 0 Å². The van der Waals surface area contributed by atoms with E-state index in [1.165, 1.54) is 11.5 Å². The summed E-state index contributed by atoms with van der Waals surface area (Å²) < 4.78 is 12.2. The van der Waals surface area contributed by atoms with Crippen LogP contribution in [0.5, 0.6) is 11.5 Å². The van der Waals surface area contributed by atoms with Crippen LogP contribution in [0.15, 0.2) is 67.0 Å². The van der Waals surface area contributed by atoms with Crippen molar-refractivity contribution >= 4 is 28.5 Å². The van der Waals surface area contributed by atoms with Gasteiger partial charge in [-0.1, -0.05) is 6.07 Å². The number of amides is 1. The molecule has 0 atom stereocenters. The molecule has 2 heterocycles. The Morgan fingerprint density at radius 2 is 1.71 bits per heavy atom. The van der Waals surface area contributed by atoms with Gasteiger partial charge in [-0.25, -0.2) is 9.78 Å². The van der Waals surface area contributed by atoms with Crippen LogP contribution in [0.25, 0.3) is 22.2 Å². The first-order chi connectivity index (χ1) is 15.0. The number of aromatic nitrogens is 2. The summed E-state index contributed by atoms with van der Waals surface area (Å²) in [4.78, 5) is 28.9. The van der Waals surface area contributed by atoms with Gasteiger partial charge < -0.3 is 14.8 Å².